The minimum atomic E-state index is -0.204. The lowest BCUT2D eigenvalue weighted by Gasteiger charge is -2.36. The van der Waals surface area contributed by atoms with Crippen molar-refractivity contribution in [2.24, 2.45) is 0 Å². The number of carbonyl (C=O) groups excluding carboxylic acids is 2. The number of anilines is 2. The normalized spacial score (nSPS) is 14.0. The van der Waals surface area contributed by atoms with E-state index in [0.29, 0.717) is 18.2 Å². The highest BCUT2D eigenvalue weighted by Crippen LogP contribution is 2.28. The van der Waals surface area contributed by atoms with E-state index in [0.717, 1.165) is 42.4 Å². The van der Waals surface area contributed by atoms with Crippen molar-refractivity contribution in [2.75, 3.05) is 43.5 Å². The second kappa shape index (κ2) is 10.2. The molecule has 156 valence electrons. The van der Waals surface area contributed by atoms with Crippen LogP contribution in [0.25, 0.3) is 0 Å². The van der Waals surface area contributed by atoms with Gasteiger partial charge in [-0.1, -0.05) is 30.4 Å². The van der Waals surface area contributed by atoms with E-state index in [4.69, 9.17) is 4.74 Å². The number of methoxy groups -OCH3 is 1. The van der Waals surface area contributed by atoms with Gasteiger partial charge in [0.15, 0.2) is 0 Å². The van der Waals surface area contributed by atoms with Crippen LogP contribution < -0.4 is 15.0 Å². The molecular weight excluding hydrogens is 390 g/mol. The molecule has 0 saturated carbocycles. The number of para-hydroxylation sites is 2. The largest absolute Gasteiger partial charge is 0.495 e. The Kier molecular flexibility index (Phi) is 7.40. The molecular formula is C20H27N5O3S. The first-order valence-corrected chi connectivity index (χ1v) is 10.7. The van der Waals surface area contributed by atoms with E-state index >= 15 is 0 Å². The van der Waals surface area contributed by atoms with Gasteiger partial charge in [-0.05, 0) is 18.6 Å². The number of benzene rings is 1. The van der Waals surface area contributed by atoms with Gasteiger partial charge in [0.05, 0.1) is 12.8 Å². The van der Waals surface area contributed by atoms with Crippen LogP contribution in [0.3, 0.4) is 0 Å². The van der Waals surface area contributed by atoms with Crippen LogP contribution in [0, 0.1) is 0 Å². The highest BCUT2D eigenvalue weighted by molar-refractivity contribution is 7.15. The predicted molar refractivity (Wildman–Crippen MR) is 114 cm³/mol. The maximum Gasteiger partial charge on any atom is 0.226 e. The number of carbonyl (C=O) groups is 2. The number of ether oxygens (including phenoxy) is 1. The van der Waals surface area contributed by atoms with Crippen molar-refractivity contribution < 1.29 is 14.3 Å². The third-order valence-electron chi connectivity index (χ3n) is 4.80. The fraction of sp³-hybridized carbons (Fsp3) is 0.500. The quantitative estimate of drug-likeness (QED) is 0.710. The molecule has 3 rings (SSSR count). The molecule has 29 heavy (non-hydrogen) atoms. The zero-order chi connectivity index (χ0) is 20.6. The lowest BCUT2D eigenvalue weighted by atomic mass is 10.2. The molecule has 1 N–H and O–H groups in total. The first kappa shape index (κ1) is 21.0. The predicted octanol–water partition coefficient (Wildman–Crippen LogP) is 2.57. The van der Waals surface area contributed by atoms with Gasteiger partial charge in [-0.25, -0.2) is 0 Å². The summed E-state index contributed by atoms with van der Waals surface area (Å²) in [6.45, 7) is 4.82. The summed E-state index contributed by atoms with van der Waals surface area (Å²) < 4.78 is 5.43. The van der Waals surface area contributed by atoms with Crippen molar-refractivity contribution in [3.05, 3.63) is 29.3 Å². The highest BCUT2D eigenvalue weighted by Gasteiger charge is 2.23. The van der Waals surface area contributed by atoms with Crippen LogP contribution in [-0.2, 0) is 16.0 Å². The minimum absolute atomic E-state index is 0.00348. The molecule has 0 radical (unpaired) electrons. The first-order chi connectivity index (χ1) is 14.1. The Morgan fingerprint density at radius 2 is 1.90 bits per heavy atom. The molecule has 1 aromatic heterocycles. The average molecular weight is 418 g/mol. The second-order valence-electron chi connectivity index (χ2n) is 6.84. The van der Waals surface area contributed by atoms with Crippen LogP contribution in [0.5, 0.6) is 5.75 Å². The fourth-order valence-electron chi connectivity index (χ4n) is 3.27. The van der Waals surface area contributed by atoms with E-state index < -0.39 is 0 Å². The van der Waals surface area contributed by atoms with Crippen molar-refractivity contribution in [1.82, 2.24) is 15.1 Å². The van der Waals surface area contributed by atoms with Crippen LogP contribution >= 0.6 is 11.3 Å². The van der Waals surface area contributed by atoms with Gasteiger partial charge in [-0.15, -0.1) is 10.2 Å². The lowest BCUT2D eigenvalue weighted by molar-refractivity contribution is -0.133. The van der Waals surface area contributed by atoms with E-state index in [1.807, 2.05) is 29.2 Å². The summed E-state index contributed by atoms with van der Waals surface area (Å²) in [5, 5.41) is 12.1. The minimum Gasteiger partial charge on any atom is -0.495 e. The molecule has 2 heterocycles. The molecule has 9 heteroatoms. The summed E-state index contributed by atoms with van der Waals surface area (Å²) in [5.74, 6) is 0.636. The third kappa shape index (κ3) is 5.66. The van der Waals surface area contributed by atoms with Crippen molar-refractivity contribution in [3.63, 3.8) is 0 Å². The molecule has 1 aromatic carbocycles. The molecule has 0 bridgehead atoms. The Morgan fingerprint density at radius 3 is 2.62 bits per heavy atom. The Morgan fingerprint density at radius 1 is 1.14 bits per heavy atom. The summed E-state index contributed by atoms with van der Waals surface area (Å²) in [7, 11) is 1.66. The SMILES string of the molecule is CCCc1nnc(NC(=O)CCC(=O)N2CCN(c3ccccc3OC)CC2)s1. The smallest absolute Gasteiger partial charge is 0.226 e. The molecule has 0 atom stereocenters. The Bertz CT molecular complexity index is 833. The van der Waals surface area contributed by atoms with E-state index in [9.17, 15) is 9.59 Å². The van der Waals surface area contributed by atoms with Gasteiger partial charge in [-0.3, -0.25) is 9.59 Å². The van der Waals surface area contributed by atoms with Gasteiger partial charge in [0.2, 0.25) is 16.9 Å². The molecule has 1 saturated heterocycles. The monoisotopic (exact) mass is 417 g/mol. The van der Waals surface area contributed by atoms with Crippen LogP contribution in [0.15, 0.2) is 24.3 Å². The van der Waals surface area contributed by atoms with Gasteiger partial charge in [0.25, 0.3) is 0 Å². The molecule has 0 unspecified atom stereocenters. The molecule has 0 aliphatic carbocycles. The van der Waals surface area contributed by atoms with Gasteiger partial charge < -0.3 is 19.9 Å². The molecule has 2 aromatic rings. The maximum atomic E-state index is 12.5. The molecule has 1 fully saturated rings. The number of hydrogen-bond donors (Lipinski definition) is 1. The summed E-state index contributed by atoms with van der Waals surface area (Å²) in [4.78, 5) is 28.6. The van der Waals surface area contributed by atoms with Crippen LogP contribution in [0.2, 0.25) is 0 Å². The second-order valence-corrected chi connectivity index (χ2v) is 7.90. The Hall–Kier alpha value is -2.68. The highest BCUT2D eigenvalue weighted by atomic mass is 32.1. The number of aryl methyl sites for hydroxylation is 1. The van der Waals surface area contributed by atoms with Crippen molar-refractivity contribution in [3.8, 4) is 5.75 Å². The summed E-state index contributed by atoms with van der Waals surface area (Å²) >= 11 is 1.38. The van der Waals surface area contributed by atoms with E-state index in [1.165, 1.54) is 11.3 Å². The Balaban J connectivity index is 1.43. The van der Waals surface area contributed by atoms with E-state index in [2.05, 4.69) is 27.3 Å². The summed E-state index contributed by atoms with van der Waals surface area (Å²) in [5.41, 5.74) is 1.04. The van der Waals surface area contributed by atoms with E-state index in [-0.39, 0.29) is 24.7 Å². The standard InChI is InChI=1S/C20H27N5O3S/c1-3-6-18-22-23-20(29-18)21-17(26)9-10-19(27)25-13-11-24(12-14-25)15-7-4-5-8-16(15)28-2/h4-5,7-8H,3,6,9-14H2,1-2H3,(H,21,23,26). The van der Waals surface area contributed by atoms with Crippen LogP contribution in [0.4, 0.5) is 10.8 Å². The van der Waals surface area contributed by atoms with Gasteiger partial charge in [0.1, 0.15) is 10.8 Å². The molecule has 2 amide bonds. The average Bonchev–Trinajstić information content (AvgIpc) is 3.19. The van der Waals surface area contributed by atoms with Crippen molar-refractivity contribution in [2.45, 2.75) is 32.6 Å². The van der Waals surface area contributed by atoms with Gasteiger partial charge in [-0.2, -0.15) is 0 Å². The third-order valence-corrected chi connectivity index (χ3v) is 5.70. The van der Waals surface area contributed by atoms with Gasteiger partial charge in [0, 0.05) is 45.4 Å². The van der Waals surface area contributed by atoms with Crippen molar-refractivity contribution >= 4 is 34.0 Å². The van der Waals surface area contributed by atoms with E-state index in [1.54, 1.807) is 7.11 Å². The Labute approximate surface area is 174 Å². The van der Waals surface area contributed by atoms with Crippen LogP contribution in [0.1, 0.15) is 31.2 Å². The zero-order valence-electron chi connectivity index (χ0n) is 16.9. The number of amides is 2. The zero-order valence-corrected chi connectivity index (χ0v) is 17.7. The number of piperazine rings is 1. The number of nitrogens with one attached hydrogen (secondary N) is 1. The lowest BCUT2D eigenvalue weighted by Crippen LogP contribution is -2.49. The molecule has 8 nitrogen and oxygen atoms in total. The maximum absolute atomic E-state index is 12.5. The molecule has 1 aliphatic heterocycles. The van der Waals surface area contributed by atoms with Crippen LogP contribution in [-0.4, -0.2) is 60.2 Å². The fourth-order valence-corrected chi connectivity index (χ4v) is 4.12. The molecule has 0 spiro atoms. The number of aromatic nitrogens is 2. The summed E-state index contributed by atoms with van der Waals surface area (Å²) in [6, 6.07) is 7.89. The molecule has 1 aliphatic rings. The first-order valence-electron chi connectivity index (χ1n) is 9.88. The number of hydrogen-bond acceptors (Lipinski definition) is 7. The number of rotatable bonds is 8. The van der Waals surface area contributed by atoms with Crippen molar-refractivity contribution in [1.29, 1.82) is 0 Å². The number of nitrogens with zero attached hydrogens (tertiary/aromatic N) is 4. The van der Waals surface area contributed by atoms with Gasteiger partial charge >= 0.3 is 0 Å². The summed E-state index contributed by atoms with van der Waals surface area (Å²) in [6.07, 6.45) is 2.18. The topological polar surface area (TPSA) is 87.7 Å².